The molecule has 0 N–H and O–H groups in total. The Morgan fingerprint density at radius 1 is 0.333 bits per heavy atom. The first-order valence-electron chi connectivity index (χ1n) is 28.7. The highest BCUT2D eigenvalue weighted by Gasteiger charge is 2.53. The molecule has 0 amide bonds. The number of nitrogens with zero attached hydrogens (tertiary/aromatic N) is 1. The molecule has 12 heteroatoms. The molecule has 12 aromatic carbocycles. The van der Waals surface area contributed by atoms with E-state index < -0.39 is 68.5 Å². The number of hydrogen-bond acceptors (Lipinski definition) is 4. The molecule has 1 heterocycles. The van der Waals surface area contributed by atoms with Crippen LogP contribution in [0.2, 0.25) is 0 Å². The Hall–Kier alpha value is -11.2. The van der Waals surface area contributed by atoms with Crippen LogP contribution in [0.25, 0.3) is 56.3 Å². The summed E-state index contributed by atoms with van der Waals surface area (Å²) in [7, 11) is 0. The molecular formula is C78H45F8NO3. The molecule has 2 unspecified atom stereocenters. The number of hydrogen-bond donors (Lipinski definition) is 0. The number of benzene rings is 12. The molecule has 1 aromatic heterocycles. The van der Waals surface area contributed by atoms with E-state index in [0.29, 0.717) is 84.6 Å². The lowest BCUT2D eigenvalue weighted by Crippen LogP contribution is -2.32. The van der Waals surface area contributed by atoms with Gasteiger partial charge in [-0.25, -0.2) is 35.1 Å². The summed E-state index contributed by atoms with van der Waals surface area (Å²) in [5.74, 6) is -11.3. The van der Waals surface area contributed by atoms with E-state index in [1.54, 1.807) is 181 Å². The number of halogens is 8. The largest absolute Gasteiger partial charge is 0.457 e. The van der Waals surface area contributed by atoms with Crippen LogP contribution in [0.3, 0.4) is 0 Å². The van der Waals surface area contributed by atoms with Crippen molar-refractivity contribution in [2.75, 3.05) is 4.90 Å². The van der Waals surface area contributed by atoms with Gasteiger partial charge < -0.3 is 18.8 Å². The van der Waals surface area contributed by atoms with Crippen molar-refractivity contribution in [2.24, 2.45) is 0 Å². The standard InChI is InChI=1S/C78H45F8NO3/c1-3-44-17-28-51(29-18-44)88-53-32-21-46(22-33-53)77(71-73(83)65(79)42-66(80)74(71)84)61-14-8-5-11-55(61)57-36-25-48(39-63(57)77)87(50-27-38-60-59-13-7-10-16-69(59)90-70(60)41-50)49-26-37-58-56-12-6-9-15-62(56)78(64(58)40-49,72-75(85)67(81)43-68(82)76(72)86)47-23-34-54(35-24-47)89-52-30-19-45(4-2)20-31-52/h3-43H,1-2H2. The molecule has 15 rings (SSSR count). The van der Waals surface area contributed by atoms with Crippen LogP contribution >= 0.6 is 0 Å². The molecule has 4 nitrogen and oxygen atoms in total. The van der Waals surface area contributed by atoms with Gasteiger partial charge in [0.25, 0.3) is 0 Å². The highest BCUT2D eigenvalue weighted by Crippen LogP contribution is 2.61. The molecule has 0 fully saturated rings. The molecule has 0 aliphatic heterocycles. The lowest BCUT2D eigenvalue weighted by molar-refractivity contribution is 0.426. The van der Waals surface area contributed by atoms with Crippen LogP contribution in [0.1, 0.15) is 55.6 Å². The minimum Gasteiger partial charge on any atom is -0.457 e. The van der Waals surface area contributed by atoms with Gasteiger partial charge in [-0.15, -0.1) is 0 Å². The summed E-state index contributed by atoms with van der Waals surface area (Å²) in [6.45, 7) is 7.63. The van der Waals surface area contributed by atoms with Crippen LogP contribution < -0.4 is 14.4 Å². The van der Waals surface area contributed by atoms with Crippen molar-refractivity contribution in [2.45, 2.75) is 10.8 Å². The summed E-state index contributed by atoms with van der Waals surface area (Å²) in [6.07, 6.45) is 3.38. The van der Waals surface area contributed by atoms with Crippen LogP contribution in [-0.4, -0.2) is 0 Å². The Labute approximate surface area is 510 Å². The first kappa shape index (κ1) is 55.3. The first-order chi connectivity index (χ1) is 43.8. The van der Waals surface area contributed by atoms with Crippen molar-refractivity contribution in [1.29, 1.82) is 0 Å². The second kappa shape index (κ2) is 21.3. The molecule has 0 radical (unpaired) electrons. The van der Waals surface area contributed by atoms with Gasteiger partial charge in [0, 0.05) is 57.2 Å². The molecule has 0 bridgehead atoms. The SMILES string of the molecule is C=Cc1ccc(Oc2ccc(C3(c4c(F)c(F)cc(F)c4F)c4ccccc4-c4ccc(N(c5ccc6c(c5)C(c5ccc(Oc7ccc(C=C)cc7)cc5)(c5c(F)c(F)cc(F)c5F)c5ccccc5-6)c5ccc6c(c5)oc5ccccc56)cc43)cc2)cc1. The molecule has 0 spiro atoms. The molecule has 436 valence electrons. The van der Waals surface area contributed by atoms with Crippen LogP contribution in [0.5, 0.6) is 23.0 Å². The average Bonchev–Trinajstić information content (AvgIpc) is 1.35. The van der Waals surface area contributed by atoms with Crippen molar-refractivity contribution in [3.05, 3.63) is 352 Å². The average molecular weight is 1200 g/mol. The minimum atomic E-state index is -2.13. The van der Waals surface area contributed by atoms with E-state index in [-0.39, 0.29) is 34.4 Å². The zero-order valence-electron chi connectivity index (χ0n) is 47.3. The molecule has 2 aliphatic rings. The van der Waals surface area contributed by atoms with Crippen LogP contribution in [0.15, 0.2) is 254 Å². The number of anilines is 3. The zero-order chi connectivity index (χ0) is 61.7. The van der Waals surface area contributed by atoms with Gasteiger partial charge in [-0.3, -0.25) is 0 Å². The Morgan fingerprint density at radius 2 is 0.689 bits per heavy atom. The third-order valence-corrected chi connectivity index (χ3v) is 17.4. The molecule has 2 aliphatic carbocycles. The Kier molecular flexibility index (Phi) is 13.1. The van der Waals surface area contributed by atoms with Crippen molar-refractivity contribution >= 4 is 51.2 Å². The maximum Gasteiger partial charge on any atom is 0.166 e. The Balaban J connectivity index is 0.988. The van der Waals surface area contributed by atoms with Gasteiger partial charge >= 0.3 is 0 Å². The number of rotatable bonds is 13. The van der Waals surface area contributed by atoms with Gasteiger partial charge in [0.2, 0.25) is 0 Å². The summed E-state index contributed by atoms with van der Waals surface area (Å²) >= 11 is 0. The zero-order valence-corrected chi connectivity index (χ0v) is 47.3. The quantitative estimate of drug-likeness (QED) is 0.0851. The van der Waals surface area contributed by atoms with Gasteiger partial charge in [0.1, 0.15) is 34.2 Å². The van der Waals surface area contributed by atoms with Crippen molar-refractivity contribution < 1.29 is 49.0 Å². The molecule has 0 saturated carbocycles. The second-order valence-corrected chi connectivity index (χ2v) is 22.2. The van der Waals surface area contributed by atoms with Gasteiger partial charge in [-0.1, -0.05) is 153 Å². The van der Waals surface area contributed by atoms with E-state index in [1.165, 1.54) is 0 Å². The number of furan rings is 1. The van der Waals surface area contributed by atoms with Crippen molar-refractivity contribution in [3.63, 3.8) is 0 Å². The van der Waals surface area contributed by atoms with E-state index in [2.05, 4.69) is 13.2 Å². The second-order valence-electron chi connectivity index (χ2n) is 22.2. The maximum absolute atomic E-state index is 17.4. The molecule has 2 atom stereocenters. The maximum atomic E-state index is 17.4. The predicted octanol–water partition coefficient (Wildman–Crippen LogP) is 21.8. The number of fused-ring (bicyclic) bond motifs is 9. The summed E-state index contributed by atoms with van der Waals surface area (Å²) in [6, 6.07) is 64.7. The van der Waals surface area contributed by atoms with Crippen LogP contribution in [-0.2, 0) is 10.8 Å². The lowest BCUT2D eigenvalue weighted by Gasteiger charge is -2.36. The van der Waals surface area contributed by atoms with Gasteiger partial charge in [-0.2, -0.15) is 0 Å². The molecule has 90 heavy (non-hydrogen) atoms. The van der Waals surface area contributed by atoms with E-state index in [9.17, 15) is 0 Å². The smallest absolute Gasteiger partial charge is 0.166 e. The van der Waals surface area contributed by atoms with Gasteiger partial charge in [-0.05, 0) is 158 Å². The molecular weight excluding hydrogens is 1150 g/mol. The van der Waals surface area contributed by atoms with E-state index >= 15 is 35.1 Å². The van der Waals surface area contributed by atoms with Crippen molar-refractivity contribution in [1.82, 2.24) is 0 Å². The number of para-hydroxylation sites is 1. The van der Waals surface area contributed by atoms with E-state index in [1.807, 2.05) is 60.7 Å². The summed E-state index contributed by atoms with van der Waals surface area (Å²) in [5.41, 5.74) is 1.18. The lowest BCUT2D eigenvalue weighted by atomic mass is 9.67. The summed E-state index contributed by atoms with van der Waals surface area (Å²) < 4.78 is 153. The predicted molar refractivity (Wildman–Crippen MR) is 336 cm³/mol. The van der Waals surface area contributed by atoms with E-state index in [0.717, 1.165) is 21.9 Å². The fourth-order valence-corrected chi connectivity index (χ4v) is 13.5. The summed E-state index contributed by atoms with van der Waals surface area (Å²) in [5, 5.41) is 1.59. The monoisotopic (exact) mass is 1200 g/mol. The normalized spacial score (nSPS) is 15.3. The summed E-state index contributed by atoms with van der Waals surface area (Å²) in [4.78, 5) is 1.80. The first-order valence-corrected chi connectivity index (χ1v) is 28.7. The Morgan fingerprint density at radius 3 is 1.12 bits per heavy atom. The number of ether oxygens (including phenoxy) is 2. The van der Waals surface area contributed by atoms with Crippen LogP contribution in [0.4, 0.5) is 52.2 Å². The third kappa shape index (κ3) is 8.42. The van der Waals surface area contributed by atoms with Gasteiger partial charge in [0.05, 0.1) is 10.8 Å². The molecule has 0 saturated heterocycles. The fourth-order valence-electron chi connectivity index (χ4n) is 13.5. The molecule has 13 aromatic rings. The van der Waals surface area contributed by atoms with Crippen molar-refractivity contribution in [3.8, 4) is 45.3 Å². The van der Waals surface area contributed by atoms with Crippen LogP contribution in [0, 0.1) is 46.5 Å². The Bertz CT molecular complexity index is 4790. The highest BCUT2D eigenvalue weighted by atomic mass is 19.2. The van der Waals surface area contributed by atoms with Gasteiger partial charge in [0.15, 0.2) is 46.5 Å². The van der Waals surface area contributed by atoms with E-state index in [4.69, 9.17) is 13.9 Å². The topological polar surface area (TPSA) is 34.8 Å². The highest BCUT2D eigenvalue weighted by molar-refractivity contribution is 6.06. The fraction of sp³-hybridized carbons (Fsp3) is 0.0256. The third-order valence-electron chi connectivity index (χ3n) is 17.4. The minimum absolute atomic E-state index is 0.179.